The van der Waals surface area contributed by atoms with E-state index in [2.05, 4.69) is 5.32 Å². The average molecular weight is 400 g/mol. The number of carbonyl (C=O) groups is 3. The van der Waals surface area contributed by atoms with Crippen LogP contribution in [-0.2, 0) is 33.9 Å². The van der Waals surface area contributed by atoms with Crippen molar-refractivity contribution in [1.29, 1.82) is 0 Å². The van der Waals surface area contributed by atoms with Gasteiger partial charge in [-0.15, -0.1) is 11.3 Å². The molecule has 3 heterocycles. The van der Waals surface area contributed by atoms with Crippen molar-refractivity contribution >= 4 is 45.5 Å². The van der Waals surface area contributed by atoms with Gasteiger partial charge in [-0.25, -0.2) is 9.59 Å². The van der Waals surface area contributed by atoms with Gasteiger partial charge in [-0.05, 0) is 5.56 Å². The predicted molar refractivity (Wildman–Crippen MR) is 90.1 cm³/mol. The average Bonchev–Trinajstić information content (AvgIpc) is 3.08. The van der Waals surface area contributed by atoms with Crippen molar-refractivity contribution in [3.8, 4) is 5.88 Å². The van der Waals surface area contributed by atoms with Crippen molar-refractivity contribution in [2.75, 3.05) is 5.32 Å². The third-order valence-corrected chi connectivity index (χ3v) is 5.63. The molecule has 2 aromatic rings. The first-order valence-corrected chi connectivity index (χ1v) is 8.88. The highest BCUT2D eigenvalue weighted by molar-refractivity contribution is 7.17. The molecule has 0 spiro atoms. The maximum absolute atomic E-state index is 11.7. The number of nitrogens with zero attached hydrogens (tertiary/aromatic N) is 1. The van der Waals surface area contributed by atoms with E-state index in [1.807, 2.05) is 0 Å². The molecule has 10 nitrogen and oxygen atoms in total. The van der Waals surface area contributed by atoms with Gasteiger partial charge >= 0.3 is 22.7 Å². The number of aromatic nitrogens is 1. The molecular formula is C14H12N2O8S2. The van der Waals surface area contributed by atoms with Crippen molar-refractivity contribution in [2.45, 2.75) is 25.7 Å². The van der Waals surface area contributed by atoms with E-state index in [0.29, 0.717) is 10.4 Å². The molecule has 12 heteroatoms. The quantitative estimate of drug-likeness (QED) is 0.542. The van der Waals surface area contributed by atoms with Crippen LogP contribution in [0.2, 0.25) is 0 Å². The summed E-state index contributed by atoms with van der Waals surface area (Å²) < 4.78 is 6.74. The lowest BCUT2D eigenvalue weighted by molar-refractivity contribution is -0.147. The van der Waals surface area contributed by atoms with Crippen LogP contribution in [-0.4, -0.2) is 43.8 Å². The molecule has 0 bridgehead atoms. The number of fused-ring (bicyclic) bond motifs is 1. The zero-order chi connectivity index (χ0) is 19.0. The highest BCUT2D eigenvalue weighted by atomic mass is 32.1. The summed E-state index contributed by atoms with van der Waals surface area (Å²) in [6.45, 7) is 0.0901. The van der Waals surface area contributed by atoms with Crippen LogP contribution in [0.3, 0.4) is 0 Å². The Morgan fingerprint density at radius 2 is 2.08 bits per heavy atom. The topological polar surface area (TPSA) is 155 Å². The number of ether oxygens (including phenoxy) is 1. The number of aromatic carboxylic acids is 1. The number of aromatic hydroxyl groups is 1. The number of nitrogens with one attached hydrogen (secondary N) is 1. The highest BCUT2D eigenvalue weighted by Gasteiger charge is 2.31. The van der Waals surface area contributed by atoms with E-state index in [9.17, 15) is 29.4 Å². The number of hydrogen-bond donors (Lipinski definition) is 4. The van der Waals surface area contributed by atoms with E-state index >= 15 is 0 Å². The standard InChI is InChI=1S/C14H12N2O8S2/c17-8-4-25-14(23)16(8)2-5-1-6-7(3-24-5)26-11(9(6)12(19)20)15-10(18)13(21)22/h4-5,17H,1-3H2,(H,15,18)(H,19,20)(H,21,22). The first-order valence-electron chi connectivity index (χ1n) is 7.19. The van der Waals surface area contributed by atoms with Crippen LogP contribution in [0.1, 0.15) is 20.8 Å². The number of carbonyl (C=O) groups excluding carboxylic acids is 1. The van der Waals surface area contributed by atoms with Gasteiger partial charge < -0.3 is 25.4 Å². The zero-order valence-electron chi connectivity index (χ0n) is 12.9. The Morgan fingerprint density at radius 3 is 2.65 bits per heavy atom. The van der Waals surface area contributed by atoms with E-state index in [0.717, 1.165) is 27.2 Å². The van der Waals surface area contributed by atoms with Crippen LogP contribution < -0.4 is 10.2 Å². The second-order valence-electron chi connectivity index (χ2n) is 5.38. The molecule has 0 aromatic carbocycles. The molecular weight excluding hydrogens is 388 g/mol. The Labute approximate surface area is 152 Å². The van der Waals surface area contributed by atoms with Crippen LogP contribution in [0.5, 0.6) is 5.88 Å². The molecule has 1 atom stereocenters. The van der Waals surface area contributed by atoms with Crippen LogP contribution in [0.15, 0.2) is 10.2 Å². The Morgan fingerprint density at radius 1 is 1.35 bits per heavy atom. The fourth-order valence-electron chi connectivity index (χ4n) is 2.61. The predicted octanol–water partition coefficient (Wildman–Crippen LogP) is 0.540. The largest absolute Gasteiger partial charge is 0.494 e. The van der Waals surface area contributed by atoms with Gasteiger partial charge in [0.1, 0.15) is 5.00 Å². The maximum Gasteiger partial charge on any atom is 0.394 e. The maximum atomic E-state index is 11.7. The minimum absolute atomic E-state index is 0.0410. The summed E-state index contributed by atoms with van der Waals surface area (Å²) >= 11 is 1.77. The highest BCUT2D eigenvalue weighted by Crippen LogP contribution is 2.38. The Balaban J connectivity index is 1.89. The molecule has 3 rings (SSSR count). The lowest BCUT2D eigenvalue weighted by Crippen LogP contribution is -2.30. The zero-order valence-corrected chi connectivity index (χ0v) is 14.6. The number of amides is 1. The molecule has 4 N–H and O–H groups in total. The summed E-state index contributed by atoms with van der Waals surface area (Å²) in [5.41, 5.74) is 0.233. The van der Waals surface area contributed by atoms with Gasteiger partial charge in [0.15, 0.2) is 0 Å². The second-order valence-corrected chi connectivity index (χ2v) is 7.31. The van der Waals surface area contributed by atoms with Gasteiger partial charge in [0.2, 0.25) is 5.88 Å². The molecule has 1 amide bonds. The van der Waals surface area contributed by atoms with Crippen molar-refractivity contribution in [1.82, 2.24) is 4.57 Å². The Bertz CT molecular complexity index is 957. The number of thiazole rings is 1. The van der Waals surface area contributed by atoms with Gasteiger partial charge in [0.05, 0.1) is 30.2 Å². The summed E-state index contributed by atoms with van der Waals surface area (Å²) in [5.74, 6) is -4.57. The molecule has 0 saturated carbocycles. The van der Waals surface area contributed by atoms with Crippen LogP contribution in [0.4, 0.5) is 5.00 Å². The van der Waals surface area contributed by atoms with Crippen molar-refractivity contribution in [3.05, 3.63) is 31.1 Å². The van der Waals surface area contributed by atoms with Crippen molar-refractivity contribution in [3.63, 3.8) is 0 Å². The first-order chi connectivity index (χ1) is 12.3. The molecule has 0 fully saturated rings. The summed E-state index contributed by atoms with van der Waals surface area (Å²) in [6, 6.07) is 0. The molecule has 2 aromatic heterocycles. The monoisotopic (exact) mass is 400 g/mol. The number of hydrogen-bond acceptors (Lipinski definition) is 8. The molecule has 26 heavy (non-hydrogen) atoms. The van der Waals surface area contributed by atoms with Gasteiger partial charge in [-0.1, -0.05) is 11.3 Å². The molecule has 0 saturated heterocycles. The third-order valence-electron chi connectivity index (χ3n) is 3.76. The normalized spacial score (nSPS) is 16.1. The lowest BCUT2D eigenvalue weighted by Gasteiger charge is -2.23. The number of carboxylic acid groups (broad SMARTS) is 2. The SMILES string of the molecule is O=C(O)C(=O)Nc1sc2c(c1C(=O)O)CC(Cn1c(O)csc1=O)OC2. The van der Waals surface area contributed by atoms with Crippen LogP contribution >= 0.6 is 22.7 Å². The molecule has 0 radical (unpaired) electrons. The fourth-order valence-corrected chi connectivity index (χ4v) is 4.38. The lowest BCUT2D eigenvalue weighted by atomic mass is 10.0. The van der Waals surface area contributed by atoms with Crippen LogP contribution in [0.25, 0.3) is 0 Å². The number of rotatable bonds is 4. The number of anilines is 1. The summed E-state index contributed by atoms with van der Waals surface area (Å²) in [7, 11) is 0. The molecule has 138 valence electrons. The summed E-state index contributed by atoms with van der Waals surface area (Å²) in [6.07, 6.45) is -0.422. The van der Waals surface area contributed by atoms with Gasteiger partial charge in [0, 0.05) is 11.3 Å². The van der Waals surface area contributed by atoms with E-state index in [1.54, 1.807) is 0 Å². The van der Waals surface area contributed by atoms with Crippen molar-refractivity contribution < 1.29 is 34.4 Å². The van der Waals surface area contributed by atoms with E-state index in [4.69, 9.17) is 9.84 Å². The number of carboxylic acids is 2. The van der Waals surface area contributed by atoms with E-state index in [-0.39, 0.29) is 40.9 Å². The number of aliphatic carboxylic acids is 1. The smallest absolute Gasteiger partial charge is 0.394 e. The second kappa shape index (κ2) is 6.90. The van der Waals surface area contributed by atoms with E-state index < -0.39 is 23.9 Å². The Kier molecular flexibility index (Phi) is 4.80. The van der Waals surface area contributed by atoms with Crippen LogP contribution in [0, 0.1) is 0 Å². The van der Waals surface area contributed by atoms with Gasteiger partial charge in [0.25, 0.3) is 0 Å². The summed E-state index contributed by atoms with van der Waals surface area (Å²) in [5, 5.41) is 31.1. The number of thiophene rings is 1. The summed E-state index contributed by atoms with van der Waals surface area (Å²) in [4.78, 5) is 45.5. The van der Waals surface area contributed by atoms with Crippen molar-refractivity contribution in [2.24, 2.45) is 0 Å². The van der Waals surface area contributed by atoms with Gasteiger partial charge in [-0.3, -0.25) is 14.2 Å². The third kappa shape index (κ3) is 3.34. The first kappa shape index (κ1) is 18.1. The molecule has 0 aliphatic carbocycles. The van der Waals surface area contributed by atoms with Gasteiger partial charge in [-0.2, -0.15) is 0 Å². The Hall–Kier alpha value is -2.70. The molecule has 1 aliphatic rings. The molecule has 1 unspecified atom stereocenters. The molecule has 1 aliphatic heterocycles. The minimum Gasteiger partial charge on any atom is -0.494 e. The minimum atomic E-state index is -1.73. The van der Waals surface area contributed by atoms with E-state index in [1.165, 1.54) is 5.38 Å². The fraction of sp³-hybridized carbons (Fsp3) is 0.286.